The van der Waals surface area contributed by atoms with Crippen molar-refractivity contribution >= 4 is 11.6 Å². The first-order valence-electron chi connectivity index (χ1n) is 6.15. The van der Waals surface area contributed by atoms with E-state index in [9.17, 15) is 5.11 Å². The maximum atomic E-state index is 9.84. The number of phenolic OH excluding ortho intramolecular Hbond substituents is 1. The third kappa shape index (κ3) is 3.36. The lowest BCUT2D eigenvalue weighted by Crippen LogP contribution is -2.45. The van der Waals surface area contributed by atoms with Crippen LogP contribution in [0.1, 0.15) is 5.56 Å². The standard InChI is InChI=1S/C13H19ClN2O2/c1-15-7-10-8-16(5-6-18-10)9-11-12(14)3-2-4-13(11)17/h2-4,10,15,17H,5-9H2,1H3. The molecule has 18 heavy (non-hydrogen) atoms. The lowest BCUT2D eigenvalue weighted by molar-refractivity contribution is -0.0293. The molecule has 5 heteroatoms. The number of rotatable bonds is 4. The second-order valence-electron chi connectivity index (χ2n) is 4.52. The number of nitrogens with zero attached hydrogens (tertiary/aromatic N) is 1. The smallest absolute Gasteiger partial charge is 0.121 e. The largest absolute Gasteiger partial charge is 0.508 e. The van der Waals surface area contributed by atoms with Gasteiger partial charge in [-0.2, -0.15) is 0 Å². The van der Waals surface area contributed by atoms with E-state index in [0.717, 1.165) is 31.8 Å². The number of nitrogens with one attached hydrogen (secondary N) is 1. The molecule has 0 radical (unpaired) electrons. The van der Waals surface area contributed by atoms with Crippen molar-refractivity contribution in [3.63, 3.8) is 0 Å². The van der Waals surface area contributed by atoms with Gasteiger partial charge < -0.3 is 15.2 Å². The van der Waals surface area contributed by atoms with Gasteiger partial charge in [-0.15, -0.1) is 0 Å². The Morgan fingerprint density at radius 2 is 2.39 bits per heavy atom. The Morgan fingerprint density at radius 3 is 3.11 bits per heavy atom. The highest BCUT2D eigenvalue weighted by molar-refractivity contribution is 6.31. The van der Waals surface area contributed by atoms with Crippen molar-refractivity contribution in [2.24, 2.45) is 0 Å². The second-order valence-corrected chi connectivity index (χ2v) is 4.93. The highest BCUT2D eigenvalue weighted by Crippen LogP contribution is 2.27. The molecule has 4 nitrogen and oxygen atoms in total. The zero-order chi connectivity index (χ0) is 13.0. The highest BCUT2D eigenvalue weighted by Gasteiger charge is 2.21. The molecule has 1 aliphatic heterocycles. The highest BCUT2D eigenvalue weighted by atomic mass is 35.5. The van der Waals surface area contributed by atoms with Gasteiger partial charge in [0.1, 0.15) is 5.75 Å². The normalized spacial score (nSPS) is 21.1. The van der Waals surface area contributed by atoms with Crippen LogP contribution in [0.2, 0.25) is 5.02 Å². The lowest BCUT2D eigenvalue weighted by Gasteiger charge is -2.33. The molecule has 0 spiro atoms. The van der Waals surface area contributed by atoms with Crippen molar-refractivity contribution in [2.75, 3.05) is 33.3 Å². The first kappa shape index (κ1) is 13.6. The molecule has 2 N–H and O–H groups in total. The summed E-state index contributed by atoms with van der Waals surface area (Å²) in [6.07, 6.45) is 0.202. The predicted octanol–water partition coefficient (Wildman–Crippen LogP) is 1.47. The number of likely N-dealkylation sites (N-methyl/N-ethyl adjacent to an activating group) is 1. The molecule has 1 aromatic rings. The maximum Gasteiger partial charge on any atom is 0.121 e. The number of hydrogen-bond donors (Lipinski definition) is 2. The maximum absolute atomic E-state index is 9.84. The average molecular weight is 271 g/mol. The van der Waals surface area contributed by atoms with Gasteiger partial charge in [0.25, 0.3) is 0 Å². The molecule has 0 aliphatic carbocycles. The third-order valence-corrected chi connectivity index (χ3v) is 3.48. The van der Waals surface area contributed by atoms with Crippen molar-refractivity contribution in [3.05, 3.63) is 28.8 Å². The molecule has 0 amide bonds. The lowest BCUT2D eigenvalue weighted by atomic mass is 10.1. The van der Waals surface area contributed by atoms with Crippen LogP contribution in [0.5, 0.6) is 5.75 Å². The molecule has 1 unspecified atom stereocenters. The Balaban J connectivity index is 2.00. The van der Waals surface area contributed by atoms with E-state index in [4.69, 9.17) is 16.3 Å². The van der Waals surface area contributed by atoms with Crippen LogP contribution in [0.15, 0.2) is 18.2 Å². The molecule has 0 aromatic heterocycles. The van der Waals surface area contributed by atoms with Crippen molar-refractivity contribution in [2.45, 2.75) is 12.6 Å². The van der Waals surface area contributed by atoms with Crippen LogP contribution >= 0.6 is 11.6 Å². The van der Waals surface area contributed by atoms with Gasteiger partial charge in [-0.1, -0.05) is 17.7 Å². The third-order valence-electron chi connectivity index (χ3n) is 3.13. The Bertz CT molecular complexity index is 378. The number of aromatic hydroxyl groups is 1. The zero-order valence-corrected chi connectivity index (χ0v) is 11.3. The topological polar surface area (TPSA) is 44.7 Å². The Hall–Kier alpha value is -0.810. The first-order valence-corrected chi connectivity index (χ1v) is 6.53. The van der Waals surface area contributed by atoms with Crippen molar-refractivity contribution in [1.29, 1.82) is 0 Å². The van der Waals surface area contributed by atoms with Crippen LogP contribution in [-0.2, 0) is 11.3 Å². The molecule has 1 heterocycles. The summed E-state index contributed by atoms with van der Waals surface area (Å²) in [4.78, 5) is 2.26. The monoisotopic (exact) mass is 270 g/mol. The van der Waals surface area contributed by atoms with E-state index in [1.54, 1.807) is 12.1 Å². The fourth-order valence-corrected chi connectivity index (χ4v) is 2.43. The number of halogens is 1. The molecule has 1 aromatic carbocycles. The van der Waals surface area contributed by atoms with Gasteiger partial charge in [-0.3, -0.25) is 4.90 Å². The fourth-order valence-electron chi connectivity index (χ4n) is 2.20. The van der Waals surface area contributed by atoms with Crippen LogP contribution in [-0.4, -0.2) is 49.4 Å². The van der Waals surface area contributed by atoms with Crippen molar-refractivity contribution in [3.8, 4) is 5.75 Å². The minimum absolute atomic E-state index is 0.202. The zero-order valence-electron chi connectivity index (χ0n) is 10.5. The molecule has 0 saturated carbocycles. The number of hydrogen-bond acceptors (Lipinski definition) is 4. The second kappa shape index (κ2) is 6.38. The van der Waals surface area contributed by atoms with Crippen LogP contribution in [0.3, 0.4) is 0 Å². The van der Waals surface area contributed by atoms with Crippen molar-refractivity contribution in [1.82, 2.24) is 10.2 Å². The van der Waals surface area contributed by atoms with Crippen LogP contribution in [0.25, 0.3) is 0 Å². The Kier molecular flexibility index (Phi) is 4.83. The molecular formula is C13H19ClN2O2. The van der Waals surface area contributed by atoms with E-state index in [1.807, 2.05) is 13.1 Å². The van der Waals surface area contributed by atoms with E-state index in [-0.39, 0.29) is 11.9 Å². The summed E-state index contributed by atoms with van der Waals surface area (Å²) >= 11 is 6.12. The molecule has 1 aliphatic rings. The number of phenols is 1. The quantitative estimate of drug-likeness (QED) is 0.870. The summed E-state index contributed by atoms with van der Waals surface area (Å²) in [5.41, 5.74) is 0.796. The molecule has 2 rings (SSSR count). The molecule has 1 atom stereocenters. The first-order chi connectivity index (χ1) is 8.70. The summed E-state index contributed by atoms with van der Waals surface area (Å²) in [6, 6.07) is 5.24. The van der Waals surface area contributed by atoms with E-state index in [1.165, 1.54) is 0 Å². The van der Waals surface area contributed by atoms with Crippen LogP contribution in [0, 0.1) is 0 Å². The molecule has 1 fully saturated rings. The number of morpholine rings is 1. The minimum Gasteiger partial charge on any atom is -0.508 e. The summed E-state index contributed by atoms with van der Waals surface area (Å²) in [7, 11) is 1.92. The predicted molar refractivity (Wildman–Crippen MR) is 72.1 cm³/mol. The Morgan fingerprint density at radius 1 is 1.56 bits per heavy atom. The van der Waals surface area contributed by atoms with E-state index in [2.05, 4.69) is 10.2 Å². The molecule has 100 valence electrons. The SMILES string of the molecule is CNCC1CN(Cc2c(O)cccc2Cl)CCO1. The van der Waals surface area contributed by atoms with Crippen molar-refractivity contribution < 1.29 is 9.84 Å². The average Bonchev–Trinajstić information content (AvgIpc) is 2.35. The fraction of sp³-hybridized carbons (Fsp3) is 0.538. The molecule has 1 saturated heterocycles. The summed E-state index contributed by atoms with van der Waals surface area (Å²) < 4.78 is 5.65. The van der Waals surface area contributed by atoms with Gasteiger partial charge in [-0.05, 0) is 19.2 Å². The number of ether oxygens (including phenoxy) is 1. The summed E-state index contributed by atoms with van der Waals surface area (Å²) in [5, 5.41) is 13.6. The van der Waals surface area contributed by atoms with Gasteiger partial charge in [0, 0.05) is 36.8 Å². The van der Waals surface area contributed by atoms with E-state index >= 15 is 0 Å². The van der Waals surface area contributed by atoms with Gasteiger partial charge in [0.05, 0.1) is 12.7 Å². The summed E-state index contributed by atoms with van der Waals surface area (Å²) in [6.45, 7) is 3.94. The van der Waals surface area contributed by atoms with E-state index in [0.29, 0.717) is 11.6 Å². The van der Waals surface area contributed by atoms with Gasteiger partial charge in [0.2, 0.25) is 0 Å². The van der Waals surface area contributed by atoms with Gasteiger partial charge in [-0.25, -0.2) is 0 Å². The van der Waals surface area contributed by atoms with E-state index < -0.39 is 0 Å². The van der Waals surface area contributed by atoms with Gasteiger partial charge >= 0.3 is 0 Å². The molecule has 0 bridgehead atoms. The van der Waals surface area contributed by atoms with Crippen LogP contribution < -0.4 is 5.32 Å². The van der Waals surface area contributed by atoms with Gasteiger partial charge in [0.15, 0.2) is 0 Å². The minimum atomic E-state index is 0.202. The van der Waals surface area contributed by atoms with Crippen LogP contribution in [0.4, 0.5) is 0 Å². The number of benzene rings is 1. The Labute approximate surface area is 113 Å². The summed E-state index contributed by atoms with van der Waals surface area (Å²) in [5.74, 6) is 0.263. The molecular weight excluding hydrogens is 252 g/mol.